The molecule has 0 radical (unpaired) electrons. The van der Waals surface area contributed by atoms with Gasteiger partial charge in [-0.15, -0.1) is 0 Å². The second kappa shape index (κ2) is 3.61. The van der Waals surface area contributed by atoms with Crippen LogP contribution in [0, 0.1) is 0 Å². The Bertz CT molecular complexity index is 839. The van der Waals surface area contributed by atoms with Crippen LogP contribution in [0.15, 0.2) is 48.5 Å². The molecule has 1 heteroatoms. The fourth-order valence-electron chi connectivity index (χ4n) is 3.13. The zero-order valence-electron chi connectivity index (χ0n) is 10.9. The molecule has 0 unspecified atom stereocenters. The van der Waals surface area contributed by atoms with Gasteiger partial charge in [0.1, 0.15) is 0 Å². The summed E-state index contributed by atoms with van der Waals surface area (Å²) in [6.45, 7) is 2.20. The summed E-state index contributed by atoms with van der Waals surface area (Å²) in [7, 11) is 0. The number of benzene rings is 4. The van der Waals surface area contributed by atoms with Crippen molar-refractivity contribution in [3.63, 3.8) is 0 Å². The predicted octanol–water partition coefficient (Wildman–Crippen LogP) is 4.73. The molecule has 0 bridgehead atoms. The maximum atomic E-state index is 5.98. The van der Waals surface area contributed by atoms with E-state index in [4.69, 9.17) is 5.73 Å². The van der Waals surface area contributed by atoms with Crippen molar-refractivity contribution >= 4 is 38.0 Å². The third-order valence-electron chi connectivity index (χ3n) is 4.02. The van der Waals surface area contributed by atoms with Gasteiger partial charge in [-0.2, -0.15) is 0 Å². The van der Waals surface area contributed by atoms with E-state index in [1.54, 1.807) is 0 Å². The molecule has 19 heavy (non-hydrogen) atoms. The highest BCUT2D eigenvalue weighted by atomic mass is 14.5. The standard InChI is InChI=1S/C18H15N/c1-2-11-7-12-3-5-14-9-16(19)10-15-6-4-13(8-11)17(12)18(14)15/h3-10H,2,19H2,1H3. The Balaban J connectivity index is 2.31. The Morgan fingerprint density at radius 1 is 0.737 bits per heavy atom. The second-order valence-electron chi connectivity index (χ2n) is 5.24. The van der Waals surface area contributed by atoms with Crippen LogP contribution >= 0.6 is 0 Å². The first kappa shape index (κ1) is 10.6. The van der Waals surface area contributed by atoms with Gasteiger partial charge in [0, 0.05) is 5.69 Å². The van der Waals surface area contributed by atoms with Crippen LogP contribution in [0.25, 0.3) is 32.3 Å². The molecule has 0 saturated heterocycles. The molecule has 1 nitrogen and oxygen atoms in total. The lowest BCUT2D eigenvalue weighted by Gasteiger charge is -2.12. The van der Waals surface area contributed by atoms with Gasteiger partial charge in [-0.1, -0.05) is 43.3 Å². The number of anilines is 1. The monoisotopic (exact) mass is 245 g/mol. The number of nitrogens with two attached hydrogens (primary N) is 1. The summed E-state index contributed by atoms with van der Waals surface area (Å²) in [6, 6.07) is 17.5. The van der Waals surface area contributed by atoms with Gasteiger partial charge in [0.05, 0.1) is 0 Å². The molecule has 0 aliphatic heterocycles. The Kier molecular flexibility index (Phi) is 2.02. The van der Waals surface area contributed by atoms with Crippen molar-refractivity contribution in [2.75, 3.05) is 5.73 Å². The molecule has 92 valence electrons. The minimum atomic E-state index is 0.833. The van der Waals surface area contributed by atoms with E-state index in [1.807, 2.05) is 0 Å². The van der Waals surface area contributed by atoms with Crippen molar-refractivity contribution in [2.45, 2.75) is 13.3 Å². The van der Waals surface area contributed by atoms with Crippen molar-refractivity contribution in [2.24, 2.45) is 0 Å². The molecule has 0 aromatic heterocycles. The lowest BCUT2D eigenvalue weighted by atomic mass is 9.92. The molecule has 2 N–H and O–H groups in total. The Morgan fingerprint density at radius 2 is 1.16 bits per heavy atom. The Morgan fingerprint density at radius 3 is 1.58 bits per heavy atom. The normalized spacial score (nSPS) is 11.8. The van der Waals surface area contributed by atoms with Crippen molar-refractivity contribution in [1.29, 1.82) is 0 Å². The summed E-state index contributed by atoms with van der Waals surface area (Å²) in [6.07, 6.45) is 1.07. The van der Waals surface area contributed by atoms with Crippen LogP contribution in [0.1, 0.15) is 12.5 Å². The summed E-state index contributed by atoms with van der Waals surface area (Å²) in [5, 5.41) is 7.84. The molecule has 0 atom stereocenters. The first-order valence-electron chi connectivity index (χ1n) is 6.73. The van der Waals surface area contributed by atoms with Crippen molar-refractivity contribution in [1.82, 2.24) is 0 Å². The highest BCUT2D eigenvalue weighted by Crippen LogP contribution is 2.36. The van der Waals surface area contributed by atoms with Crippen LogP contribution in [0.5, 0.6) is 0 Å². The topological polar surface area (TPSA) is 26.0 Å². The van der Waals surface area contributed by atoms with Gasteiger partial charge in [0.25, 0.3) is 0 Å². The van der Waals surface area contributed by atoms with Crippen LogP contribution in [-0.2, 0) is 6.42 Å². The van der Waals surface area contributed by atoms with Gasteiger partial charge < -0.3 is 5.73 Å². The molecular formula is C18H15N. The largest absolute Gasteiger partial charge is 0.399 e. The number of nitrogen functional groups attached to an aromatic ring is 1. The molecule has 0 aliphatic rings. The van der Waals surface area contributed by atoms with Gasteiger partial charge in [-0.3, -0.25) is 0 Å². The molecule has 4 rings (SSSR count). The molecule has 4 aromatic rings. The van der Waals surface area contributed by atoms with Gasteiger partial charge in [0.15, 0.2) is 0 Å². The molecule has 0 aliphatic carbocycles. The van der Waals surface area contributed by atoms with Crippen LogP contribution in [0.4, 0.5) is 5.69 Å². The third kappa shape index (κ3) is 1.42. The van der Waals surface area contributed by atoms with E-state index in [9.17, 15) is 0 Å². The average molecular weight is 245 g/mol. The molecular weight excluding hydrogens is 230 g/mol. The Hall–Kier alpha value is -2.28. The molecule has 0 heterocycles. The van der Waals surface area contributed by atoms with E-state index < -0.39 is 0 Å². The SMILES string of the molecule is CCc1cc2ccc3cc(N)cc4ccc(c1)c2c34. The van der Waals surface area contributed by atoms with Crippen molar-refractivity contribution < 1.29 is 0 Å². The number of aryl methyl sites for hydroxylation is 1. The van der Waals surface area contributed by atoms with Gasteiger partial charge >= 0.3 is 0 Å². The molecule has 0 saturated carbocycles. The smallest absolute Gasteiger partial charge is 0.0326 e. The number of rotatable bonds is 1. The molecule has 0 spiro atoms. The van der Waals surface area contributed by atoms with E-state index in [0.29, 0.717) is 0 Å². The third-order valence-corrected chi connectivity index (χ3v) is 4.02. The van der Waals surface area contributed by atoms with Crippen LogP contribution < -0.4 is 5.73 Å². The van der Waals surface area contributed by atoms with Gasteiger partial charge in [0.2, 0.25) is 0 Å². The number of hydrogen-bond acceptors (Lipinski definition) is 1. The first-order chi connectivity index (χ1) is 9.26. The lowest BCUT2D eigenvalue weighted by molar-refractivity contribution is 1.15. The van der Waals surface area contributed by atoms with E-state index in [2.05, 4.69) is 55.5 Å². The molecule has 0 amide bonds. The highest BCUT2D eigenvalue weighted by Gasteiger charge is 2.09. The van der Waals surface area contributed by atoms with Crippen LogP contribution in [0.3, 0.4) is 0 Å². The average Bonchev–Trinajstić information content (AvgIpc) is 2.43. The van der Waals surface area contributed by atoms with Gasteiger partial charge in [-0.05, 0) is 56.4 Å². The first-order valence-corrected chi connectivity index (χ1v) is 6.73. The highest BCUT2D eigenvalue weighted by molar-refractivity contribution is 6.23. The minimum Gasteiger partial charge on any atom is -0.399 e. The second-order valence-corrected chi connectivity index (χ2v) is 5.24. The molecule has 4 aromatic carbocycles. The van der Waals surface area contributed by atoms with Gasteiger partial charge in [-0.25, -0.2) is 0 Å². The van der Waals surface area contributed by atoms with E-state index >= 15 is 0 Å². The lowest BCUT2D eigenvalue weighted by Crippen LogP contribution is -1.89. The van der Waals surface area contributed by atoms with Crippen LogP contribution in [-0.4, -0.2) is 0 Å². The maximum Gasteiger partial charge on any atom is 0.0326 e. The quantitative estimate of drug-likeness (QED) is 0.381. The van der Waals surface area contributed by atoms with E-state index in [0.717, 1.165) is 12.1 Å². The fourth-order valence-corrected chi connectivity index (χ4v) is 3.13. The fraction of sp³-hybridized carbons (Fsp3) is 0.111. The van der Waals surface area contributed by atoms with Crippen molar-refractivity contribution in [3.8, 4) is 0 Å². The minimum absolute atomic E-state index is 0.833. The van der Waals surface area contributed by atoms with E-state index in [1.165, 1.54) is 37.9 Å². The van der Waals surface area contributed by atoms with Crippen molar-refractivity contribution in [3.05, 3.63) is 54.1 Å². The maximum absolute atomic E-state index is 5.98. The number of hydrogen-bond donors (Lipinski definition) is 1. The van der Waals surface area contributed by atoms with Crippen LogP contribution in [0.2, 0.25) is 0 Å². The Labute approximate surface area is 112 Å². The van der Waals surface area contributed by atoms with E-state index in [-0.39, 0.29) is 0 Å². The zero-order chi connectivity index (χ0) is 13.0. The predicted molar refractivity (Wildman–Crippen MR) is 83.9 cm³/mol. The summed E-state index contributed by atoms with van der Waals surface area (Å²) in [4.78, 5) is 0. The summed E-state index contributed by atoms with van der Waals surface area (Å²) in [5.41, 5.74) is 8.20. The summed E-state index contributed by atoms with van der Waals surface area (Å²) in [5.74, 6) is 0. The zero-order valence-corrected chi connectivity index (χ0v) is 10.9. The molecule has 0 fully saturated rings. The summed E-state index contributed by atoms with van der Waals surface area (Å²) < 4.78 is 0. The summed E-state index contributed by atoms with van der Waals surface area (Å²) >= 11 is 0.